The van der Waals surface area contributed by atoms with Crippen LogP contribution in [0.3, 0.4) is 0 Å². The second-order valence-corrected chi connectivity index (χ2v) is 6.00. The molecule has 0 aliphatic heterocycles. The molecule has 0 saturated carbocycles. The Balaban J connectivity index is 3.39. The molecule has 0 saturated heterocycles. The van der Waals surface area contributed by atoms with Crippen molar-refractivity contribution in [2.24, 2.45) is 0 Å². The third-order valence-electron chi connectivity index (χ3n) is 2.84. The van der Waals surface area contributed by atoms with Crippen molar-refractivity contribution >= 4 is 11.8 Å². The lowest BCUT2D eigenvalue weighted by Crippen LogP contribution is -1.85. The number of hydrogen-bond acceptors (Lipinski definition) is 2. The van der Waals surface area contributed by atoms with Gasteiger partial charge in [-0.3, -0.25) is 0 Å². The Bertz CT molecular complexity index is 351. The molecule has 0 bridgehead atoms. The monoisotopic (exact) mass is 320 g/mol. The van der Waals surface area contributed by atoms with Gasteiger partial charge in [-0.15, -0.1) is 0 Å². The Morgan fingerprint density at radius 3 is 1.73 bits per heavy atom. The molecule has 0 rings (SSSR count). The molecule has 0 fully saturated rings. The van der Waals surface area contributed by atoms with Crippen LogP contribution in [-0.4, -0.2) is 23.2 Å². The Hall–Kier alpha value is -0.990. The first-order chi connectivity index (χ1) is 10.9. The van der Waals surface area contributed by atoms with E-state index < -0.39 is 0 Å². The van der Waals surface area contributed by atoms with Gasteiger partial charge >= 0.3 is 0 Å². The van der Waals surface area contributed by atoms with Crippen molar-refractivity contribution in [2.45, 2.75) is 45.4 Å². The highest BCUT2D eigenvalue weighted by Crippen LogP contribution is 2.01. The van der Waals surface area contributed by atoms with Crippen molar-refractivity contribution in [1.29, 1.82) is 0 Å². The zero-order valence-electron chi connectivity index (χ0n) is 14.0. The molecular formula is C20H32OS. The van der Waals surface area contributed by atoms with Gasteiger partial charge in [-0.1, -0.05) is 67.7 Å². The van der Waals surface area contributed by atoms with Crippen LogP contribution in [-0.2, 0) is 0 Å². The van der Waals surface area contributed by atoms with Crippen molar-refractivity contribution in [2.75, 3.05) is 18.1 Å². The SMILES string of the molecule is CC/C=C\C/C=C\C/C=C\C/C=C\CC/C=C/CSCCO. The average molecular weight is 321 g/mol. The van der Waals surface area contributed by atoms with Crippen molar-refractivity contribution in [3.63, 3.8) is 0 Å². The van der Waals surface area contributed by atoms with Crippen molar-refractivity contribution in [3.8, 4) is 0 Å². The van der Waals surface area contributed by atoms with Crippen LogP contribution in [0.5, 0.6) is 0 Å². The second-order valence-electron chi connectivity index (χ2n) is 4.85. The van der Waals surface area contributed by atoms with E-state index in [1.807, 2.05) is 0 Å². The number of thioether (sulfide) groups is 1. The van der Waals surface area contributed by atoms with E-state index in [-0.39, 0.29) is 6.61 Å². The van der Waals surface area contributed by atoms with E-state index in [4.69, 9.17) is 5.11 Å². The van der Waals surface area contributed by atoms with E-state index in [2.05, 4.69) is 67.7 Å². The van der Waals surface area contributed by atoms with Crippen LogP contribution < -0.4 is 0 Å². The standard InChI is InChI=1S/C20H32OS/c1-2-3-4-5-6-7-8-9-10-11-12-13-14-15-16-17-19-22-20-18-21/h3-4,6-7,9-10,12-13,16-17,21H,2,5,8,11,14-15,18-20H2,1H3/b4-3-,7-6-,10-9-,13-12-,17-16+. The highest BCUT2D eigenvalue weighted by molar-refractivity contribution is 7.99. The molecule has 0 unspecified atom stereocenters. The lowest BCUT2D eigenvalue weighted by atomic mass is 10.2. The molecule has 0 spiro atoms. The van der Waals surface area contributed by atoms with Crippen LogP contribution in [0.4, 0.5) is 0 Å². The summed E-state index contributed by atoms with van der Waals surface area (Å²) in [6.07, 6.45) is 28.7. The average Bonchev–Trinajstić information content (AvgIpc) is 2.54. The Morgan fingerprint density at radius 1 is 0.682 bits per heavy atom. The number of allylic oxidation sites excluding steroid dienone is 9. The molecule has 124 valence electrons. The second kappa shape index (κ2) is 20.0. The van der Waals surface area contributed by atoms with Crippen LogP contribution >= 0.6 is 11.8 Å². The molecule has 1 nitrogen and oxygen atoms in total. The van der Waals surface area contributed by atoms with Gasteiger partial charge in [0.05, 0.1) is 6.61 Å². The molecule has 0 aromatic heterocycles. The van der Waals surface area contributed by atoms with Crippen LogP contribution in [0.15, 0.2) is 60.8 Å². The topological polar surface area (TPSA) is 20.2 Å². The number of aliphatic hydroxyl groups is 1. The summed E-state index contributed by atoms with van der Waals surface area (Å²) in [6, 6.07) is 0. The molecule has 0 aromatic carbocycles. The minimum atomic E-state index is 0.278. The van der Waals surface area contributed by atoms with E-state index in [1.54, 1.807) is 11.8 Å². The summed E-state index contributed by atoms with van der Waals surface area (Å²) in [4.78, 5) is 0. The van der Waals surface area contributed by atoms with E-state index >= 15 is 0 Å². The third kappa shape index (κ3) is 19.0. The zero-order chi connectivity index (χ0) is 16.1. The van der Waals surface area contributed by atoms with Gasteiger partial charge in [0.25, 0.3) is 0 Å². The normalized spacial score (nSPS) is 13.0. The van der Waals surface area contributed by atoms with Gasteiger partial charge in [-0.05, 0) is 38.5 Å². The van der Waals surface area contributed by atoms with Gasteiger partial charge < -0.3 is 5.11 Å². The molecular weight excluding hydrogens is 288 g/mol. The van der Waals surface area contributed by atoms with Crippen LogP contribution in [0.1, 0.15) is 45.4 Å². The van der Waals surface area contributed by atoms with Gasteiger partial charge in [0.2, 0.25) is 0 Å². The highest BCUT2D eigenvalue weighted by Gasteiger charge is 1.82. The maximum absolute atomic E-state index is 8.64. The Labute approximate surface area is 141 Å². The molecule has 1 N–H and O–H groups in total. The molecule has 0 amide bonds. The highest BCUT2D eigenvalue weighted by atomic mass is 32.2. The third-order valence-corrected chi connectivity index (χ3v) is 3.73. The maximum Gasteiger partial charge on any atom is 0.0521 e. The largest absolute Gasteiger partial charge is 0.396 e. The maximum atomic E-state index is 8.64. The molecule has 0 atom stereocenters. The molecule has 2 heteroatoms. The summed E-state index contributed by atoms with van der Waals surface area (Å²) in [7, 11) is 0. The van der Waals surface area contributed by atoms with Crippen LogP contribution in [0.2, 0.25) is 0 Å². The molecule has 0 radical (unpaired) electrons. The molecule has 0 heterocycles. The number of unbranched alkanes of at least 4 members (excludes halogenated alkanes) is 1. The molecule has 0 aromatic rings. The number of aliphatic hydroxyl groups excluding tert-OH is 1. The summed E-state index contributed by atoms with van der Waals surface area (Å²) in [5, 5.41) is 8.64. The predicted octanol–water partition coefficient (Wildman–Crippen LogP) is 5.85. The van der Waals surface area contributed by atoms with E-state index in [9.17, 15) is 0 Å². The summed E-state index contributed by atoms with van der Waals surface area (Å²) in [6.45, 7) is 2.44. The fourth-order valence-corrected chi connectivity index (χ4v) is 2.26. The van der Waals surface area contributed by atoms with E-state index in [0.29, 0.717) is 0 Å². The zero-order valence-corrected chi connectivity index (χ0v) is 14.8. The quantitative estimate of drug-likeness (QED) is 0.320. The fourth-order valence-electron chi connectivity index (χ4n) is 1.69. The van der Waals surface area contributed by atoms with Gasteiger partial charge in [0, 0.05) is 11.5 Å². The van der Waals surface area contributed by atoms with Gasteiger partial charge in [-0.2, -0.15) is 11.8 Å². The van der Waals surface area contributed by atoms with E-state index in [1.165, 1.54) is 0 Å². The van der Waals surface area contributed by atoms with Crippen LogP contribution in [0, 0.1) is 0 Å². The first-order valence-corrected chi connectivity index (χ1v) is 9.50. The molecule has 0 aliphatic rings. The van der Waals surface area contributed by atoms with Crippen LogP contribution in [0.25, 0.3) is 0 Å². The van der Waals surface area contributed by atoms with Crippen molar-refractivity contribution < 1.29 is 5.11 Å². The first kappa shape index (κ1) is 21.0. The van der Waals surface area contributed by atoms with E-state index in [0.717, 1.165) is 50.0 Å². The predicted molar refractivity (Wildman–Crippen MR) is 103 cm³/mol. The first-order valence-electron chi connectivity index (χ1n) is 8.35. The van der Waals surface area contributed by atoms with Gasteiger partial charge in [-0.25, -0.2) is 0 Å². The summed E-state index contributed by atoms with van der Waals surface area (Å²) >= 11 is 1.77. The minimum absolute atomic E-state index is 0.278. The lowest BCUT2D eigenvalue weighted by molar-refractivity contribution is 0.322. The van der Waals surface area contributed by atoms with Crippen molar-refractivity contribution in [3.05, 3.63) is 60.8 Å². The van der Waals surface area contributed by atoms with Gasteiger partial charge in [0.15, 0.2) is 0 Å². The summed E-state index contributed by atoms with van der Waals surface area (Å²) in [5.74, 6) is 1.84. The molecule has 22 heavy (non-hydrogen) atoms. The Morgan fingerprint density at radius 2 is 1.18 bits per heavy atom. The minimum Gasteiger partial charge on any atom is -0.396 e. The van der Waals surface area contributed by atoms with Crippen molar-refractivity contribution in [1.82, 2.24) is 0 Å². The summed E-state index contributed by atoms with van der Waals surface area (Å²) in [5.41, 5.74) is 0. The fraction of sp³-hybridized carbons (Fsp3) is 0.500. The molecule has 0 aliphatic carbocycles. The van der Waals surface area contributed by atoms with Gasteiger partial charge in [0.1, 0.15) is 0 Å². The summed E-state index contributed by atoms with van der Waals surface area (Å²) < 4.78 is 0. The Kier molecular flexibility index (Phi) is 19.1. The number of hydrogen-bond donors (Lipinski definition) is 1. The lowest BCUT2D eigenvalue weighted by Gasteiger charge is -1.91. The number of rotatable bonds is 14. The smallest absolute Gasteiger partial charge is 0.0521 e.